The minimum atomic E-state index is -0.0453. The summed E-state index contributed by atoms with van der Waals surface area (Å²) in [7, 11) is 0. The number of nitrogens with two attached hydrogens (primary N) is 1. The summed E-state index contributed by atoms with van der Waals surface area (Å²) in [5.41, 5.74) is 9.48. The van der Waals surface area contributed by atoms with Gasteiger partial charge in [-0.2, -0.15) is 0 Å². The van der Waals surface area contributed by atoms with Crippen molar-refractivity contribution in [3.8, 4) is 0 Å². The third-order valence-corrected chi connectivity index (χ3v) is 8.18. The number of hydrogen-bond donors (Lipinski definition) is 3. The molecule has 1 amide bonds. The second-order valence-corrected chi connectivity index (χ2v) is 10.3. The predicted octanol–water partition coefficient (Wildman–Crippen LogP) is 4.51. The third kappa shape index (κ3) is 4.52. The van der Waals surface area contributed by atoms with Crippen molar-refractivity contribution >= 4 is 17.6 Å². The van der Waals surface area contributed by atoms with Gasteiger partial charge in [-0.05, 0) is 69.1 Å². The van der Waals surface area contributed by atoms with Crippen LogP contribution < -0.4 is 11.1 Å². The van der Waals surface area contributed by atoms with E-state index >= 15 is 0 Å². The van der Waals surface area contributed by atoms with Gasteiger partial charge in [0.25, 0.3) is 0 Å². The van der Waals surface area contributed by atoms with E-state index in [0.717, 1.165) is 25.1 Å². The van der Waals surface area contributed by atoms with E-state index in [2.05, 4.69) is 49.2 Å². The molecule has 3 heterocycles. The highest BCUT2D eigenvalue weighted by Gasteiger charge is 2.40. The standard InChI is InChI=1S/C26H41N5O/c1-4-5-12-24(31-17(2)8-6-9-18(31)3)20-10-7-11-23-22(20)15-21(25(32)29-23)19-13-14-30(16-19)26(27)28/h7,10-11,17-19,21,24H,4-6,8-9,12-16H2,1-3H3,(H3,27,28)(H,29,32). The normalized spacial score (nSPS) is 29.5. The zero-order valence-corrected chi connectivity index (χ0v) is 20.1. The molecule has 6 heteroatoms. The van der Waals surface area contributed by atoms with Crippen molar-refractivity contribution in [1.82, 2.24) is 9.80 Å². The van der Waals surface area contributed by atoms with Crippen LogP contribution in [0.15, 0.2) is 18.2 Å². The maximum absolute atomic E-state index is 13.1. The number of carbonyl (C=O) groups is 1. The van der Waals surface area contributed by atoms with Crippen LogP contribution >= 0.6 is 0 Å². The molecule has 0 radical (unpaired) electrons. The van der Waals surface area contributed by atoms with Crippen molar-refractivity contribution < 1.29 is 4.79 Å². The summed E-state index contributed by atoms with van der Waals surface area (Å²) in [5.74, 6) is 0.463. The Morgan fingerprint density at radius 3 is 2.66 bits per heavy atom. The molecule has 5 unspecified atom stereocenters. The number of nitrogens with one attached hydrogen (secondary N) is 2. The van der Waals surface area contributed by atoms with Crippen molar-refractivity contribution in [2.75, 3.05) is 18.4 Å². The Bertz CT molecular complexity index is 830. The van der Waals surface area contributed by atoms with Crippen LogP contribution in [0, 0.1) is 17.2 Å². The van der Waals surface area contributed by atoms with Crippen molar-refractivity contribution in [2.24, 2.45) is 17.6 Å². The molecule has 0 aromatic heterocycles. The molecule has 0 bridgehead atoms. The lowest BCUT2D eigenvalue weighted by atomic mass is 9.79. The molecular weight excluding hydrogens is 398 g/mol. The van der Waals surface area contributed by atoms with Crippen molar-refractivity contribution in [3.63, 3.8) is 0 Å². The summed E-state index contributed by atoms with van der Waals surface area (Å²) in [6.07, 6.45) is 9.16. The van der Waals surface area contributed by atoms with E-state index in [0.29, 0.717) is 24.7 Å². The Hall–Kier alpha value is -2.08. The van der Waals surface area contributed by atoms with Gasteiger partial charge in [0.15, 0.2) is 5.96 Å². The van der Waals surface area contributed by atoms with Gasteiger partial charge < -0.3 is 16.0 Å². The van der Waals surface area contributed by atoms with E-state index in [4.69, 9.17) is 11.1 Å². The van der Waals surface area contributed by atoms with Crippen LogP contribution in [0.4, 0.5) is 5.69 Å². The molecule has 4 N–H and O–H groups in total. The predicted molar refractivity (Wildman–Crippen MR) is 131 cm³/mol. The third-order valence-electron chi connectivity index (χ3n) is 8.18. The Morgan fingerprint density at radius 1 is 1.25 bits per heavy atom. The number of anilines is 1. The second kappa shape index (κ2) is 9.82. The summed E-state index contributed by atoms with van der Waals surface area (Å²) < 4.78 is 0. The molecule has 0 spiro atoms. The number of guanidine groups is 1. The zero-order chi connectivity index (χ0) is 22.8. The molecule has 0 saturated carbocycles. The van der Waals surface area contributed by atoms with E-state index in [1.807, 2.05) is 4.90 Å². The molecule has 4 rings (SSSR count). The fraction of sp³-hybridized carbons (Fsp3) is 0.692. The van der Waals surface area contributed by atoms with Gasteiger partial charge in [0, 0.05) is 42.8 Å². The van der Waals surface area contributed by atoms with E-state index < -0.39 is 0 Å². The zero-order valence-electron chi connectivity index (χ0n) is 20.1. The molecule has 3 aliphatic heterocycles. The smallest absolute Gasteiger partial charge is 0.228 e. The lowest BCUT2D eigenvalue weighted by molar-refractivity contribution is -0.121. The SMILES string of the molecule is CCCCC(c1cccc2c1CC(C1CCN(C(=N)N)C1)C(=O)N2)N1C(C)CCCC1C. The summed E-state index contributed by atoms with van der Waals surface area (Å²) in [5, 5.41) is 11.0. The molecule has 0 aliphatic carbocycles. The highest BCUT2D eigenvalue weighted by atomic mass is 16.2. The first kappa shape index (κ1) is 23.1. The largest absolute Gasteiger partial charge is 0.370 e. The van der Waals surface area contributed by atoms with Gasteiger partial charge in [-0.1, -0.05) is 38.3 Å². The average molecular weight is 440 g/mol. The molecule has 1 aromatic rings. The lowest BCUT2D eigenvalue weighted by Crippen LogP contribution is -2.46. The Kier molecular flexibility index (Phi) is 7.08. The van der Waals surface area contributed by atoms with Gasteiger partial charge in [-0.3, -0.25) is 15.1 Å². The van der Waals surface area contributed by atoms with Crippen LogP contribution in [-0.2, 0) is 11.2 Å². The van der Waals surface area contributed by atoms with Gasteiger partial charge in [0.05, 0.1) is 0 Å². The van der Waals surface area contributed by atoms with Gasteiger partial charge in [0.2, 0.25) is 5.91 Å². The van der Waals surface area contributed by atoms with Crippen LogP contribution in [-0.4, -0.2) is 46.8 Å². The molecule has 32 heavy (non-hydrogen) atoms. The number of rotatable bonds is 6. The minimum absolute atomic E-state index is 0.0453. The lowest BCUT2D eigenvalue weighted by Gasteiger charge is -2.45. The van der Waals surface area contributed by atoms with Crippen LogP contribution in [0.3, 0.4) is 0 Å². The molecule has 6 nitrogen and oxygen atoms in total. The van der Waals surface area contributed by atoms with Gasteiger partial charge >= 0.3 is 0 Å². The number of nitrogens with zero attached hydrogens (tertiary/aromatic N) is 2. The van der Waals surface area contributed by atoms with Crippen LogP contribution in [0.1, 0.15) is 82.9 Å². The maximum Gasteiger partial charge on any atom is 0.228 e. The van der Waals surface area contributed by atoms with Crippen LogP contribution in [0.25, 0.3) is 0 Å². The van der Waals surface area contributed by atoms with Crippen molar-refractivity contribution in [2.45, 2.75) is 90.3 Å². The van der Waals surface area contributed by atoms with Crippen LogP contribution in [0.5, 0.6) is 0 Å². The summed E-state index contributed by atoms with van der Waals surface area (Å²) in [6.45, 7) is 8.55. The molecule has 1 aromatic carbocycles. The van der Waals surface area contributed by atoms with E-state index in [9.17, 15) is 4.79 Å². The number of piperidine rings is 1. The first-order valence-corrected chi connectivity index (χ1v) is 12.7. The van der Waals surface area contributed by atoms with Crippen molar-refractivity contribution in [3.05, 3.63) is 29.3 Å². The highest BCUT2D eigenvalue weighted by molar-refractivity contribution is 5.96. The van der Waals surface area contributed by atoms with E-state index in [-0.39, 0.29) is 23.7 Å². The monoisotopic (exact) mass is 439 g/mol. The first-order chi connectivity index (χ1) is 15.4. The number of fused-ring (bicyclic) bond motifs is 1. The maximum atomic E-state index is 13.1. The molecule has 3 aliphatic rings. The van der Waals surface area contributed by atoms with E-state index in [1.54, 1.807) is 0 Å². The fourth-order valence-corrected chi connectivity index (χ4v) is 6.43. The number of benzene rings is 1. The van der Waals surface area contributed by atoms with Gasteiger partial charge in [-0.15, -0.1) is 0 Å². The quantitative estimate of drug-likeness (QED) is 0.450. The first-order valence-electron chi connectivity index (χ1n) is 12.7. The molecule has 5 atom stereocenters. The average Bonchev–Trinajstić information content (AvgIpc) is 3.25. The van der Waals surface area contributed by atoms with E-state index in [1.165, 1.54) is 49.7 Å². The number of amides is 1. The Balaban J connectivity index is 1.65. The topological polar surface area (TPSA) is 85.5 Å². The summed E-state index contributed by atoms with van der Waals surface area (Å²) in [6, 6.07) is 8.10. The number of carbonyl (C=O) groups excluding carboxylic acids is 1. The fourth-order valence-electron chi connectivity index (χ4n) is 6.43. The molecule has 2 fully saturated rings. The van der Waals surface area contributed by atoms with Crippen LogP contribution in [0.2, 0.25) is 0 Å². The van der Waals surface area contributed by atoms with Gasteiger partial charge in [-0.25, -0.2) is 0 Å². The summed E-state index contributed by atoms with van der Waals surface area (Å²) >= 11 is 0. The summed E-state index contributed by atoms with van der Waals surface area (Å²) in [4.78, 5) is 17.7. The molecule has 2 saturated heterocycles. The minimum Gasteiger partial charge on any atom is -0.370 e. The highest BCUT2D eigenvalue weighted by Crippen LogP contribution is 2.42. The molecule has 176 valence electrons. The number of likely N-dealkylation sites (tertiary alicyclic amines) is 2. The molecular formula is C26H41N5O. The number of unbranched alkanes of at least 4 members (excludes halogenated alkanes) is 1. The Morgan fingerprint density at radius 2 is 2.00 bits per heavy atom. The second-order valence-electron chi connectivity index (χ2n) is 10.3. The Labute approximate surface area is 193 Å². The van der Waals surface area contributed by atoms with Gasteiger partial charge in [0.1, 0.15) is 0 Å². The van der Waals surface area contributed by atoms with Crippen molar-refractivity contribution in [1.29, 1.82) is 5.41 Å². The number of hydrogen-bond acceptors (Lipinski definition) is 3.